The van der Waals surface area contributed by atoms with Crippen LogP contribution in [-0.4, -0.2) is 20.9 Å². The summed E-state index contributed by atoms with van der Waals surface area (Å²) in [5, 5.41) is 11.1. The predicted octanol–water partition coefficient (Wildman–Crippen LogP) is 4.57. The number of hydrogen-bond acceptors (Lipinski definition) is 3. The lowest BCUT2D eigenvalue weighted by molar-refractivity contribution is 0.102. The van der Waals surface area contributed by atoms with Crippen LogP contribution in [0.2, 0.25) is 0 Å². The van der Waals surface area contributed by atoms with Crippen LogP contribution in [0.25, 0.3) is 5.69 Å². The highest BCUT2D eigenvalue weighted by Gasteiger charge is 2.17. The minimum atomic E-state index is -0.254. The van der Waals surface area contributed by atoms with E-state index in [1.54, 1.807) is 4.68 Å². The number of rotatable bonds is 4. The van der Waals surface area contributed by atoms with Crippen LogP contribution in [0.1, 0.15) is 52.6 Å². The van der Waals surface area contributed by atoms with Gasteiger partial charge in [0.2, 0.25) is 0 Å². The van der Waals surface area contributed by atoms with Gasteiger partial charge < -0.3 is 5.32 Å². The number of carbonyl (C=O) groups excluding carboxylic acids is 1. The maximum absolute atomic E-state index is 12.6. The molecule has 0 spiro atoms. The zero-order chi connectivity index (χ0) is 18.8. The molecule has 1 amide bonds. The van der Waals surface area contributed by atoms with E-state index in [1.807, 2.05) is 51.1 Å². The number of carbonyl (C=O) groups is 1. The summed E-state index contributed by atoms with van der Waals surface area (Å²) in [5.74, 6) is 0.219. The van der Waals surface area contributed by atoms with E-state index in [0.29, 0.717) is 17.3 Å². The normalized spacial score (nSPS) is 11.0. The minimum Gasteiger partial charge on any atom is -0.321 e. The monoisotopic (exact) mass is 348 g/mol. The first-order valence-corrected chi connectivity index (χ1v) is 8.78. The molecule has 0 unspecified atom stereocenters. The Bertz CT molecular complexity index is 939. The summed E-state index contributed by atoms with van der Waals surface area (Å²) in [6.45, 7) is 10.2. The number of benzene rings is 2. The third kappa shape index (κ3) is 3.52. The molecule has 3 rings (SSSR count). The van der Waals surface area contributed by atoms with Crippen molar-refractivity contribution in [3.63, 3.8) is 0 Å². The van der Waals surface area contributed by atoms with Crippen LogP contribution in [0.3, 0.4) is 0 Å². The van der Waals surface area contributed by atoms with Crippen molar-refractivity contribution in [1.82, 2.24) is 15.0 Å². The van der Waals surface area contributed by atoms with Gasteiger partial charge in [-0.3, -0.25) is 4.79 Å². The van der Waals surface area contributed by atoms with E-state index in [0.717, 1.165) is 16.9 Å². The summed E-state index contributed by atoms with van der Waals surface area (Å²) >= 11 is 0. The van der Waals surface area contributed by atoms with Crippen molar-refractivity contribution in [2.45, 2.75) is 40.5 Å². The average Bonchev–Trinajstić information content (AvgIpc) is 3.00. The first-order valence-electron chi connectivity index (χ1n) is 8.78. The quantitative estimate of drug-likeness (QED) is 0.751. The molecule has 5 heteroatoms. The SMILES string of the molecule is Cc1ccc(NC(=O)c2nnn(-c3ccc(C(C)C)cc3)c2C)cc1C. The van der Waals surface area contributed by atoms with Crippen LogP contribution in [0.4, 0.5) is 5.69 Å². The molecule has 0 aliphatic heterocycles. The molecule has 1 aromatic heterocycles. The molecular weight excluding hydrogens is 324 g/mol. The maximum atomic E-state index is 12.6. The van der Waals surface area contributed by atoms with E-state index in [2.05, 4.69) is 41.6 Å². The molecule has 1 heterocycles. The smallest absolute Gasteiger partial charge is 0.278 e. The molecule has 0 bridgehead atoms. The van der Waals surface area contributed by atoms with E-state index >= 15 is 0 Å². The molecule has 26 heavy (non-hydrogen) atoms. The maximum Gasteiger partial charge on any atom is 0.278 e. The first kappa shape index (κ1) is 17.9. The van der Waals surface area contributed by atoms with Crippen LogP contribution in [0.5, 0.6) is 0 Å². The van der Waals surface area contributed by atoms with Gasteiger partial charge in [-0.05, 0) is 67.6 Å². The molecule has 0 radical (unpaired) electrons. The number of aryl methyl sites for hydroxylation is 2. The fraction of sp³-hybridized carbons (Fsp3) is 0.286. The van der Waals surface area contributed by atoms with Gasteiger partial charge in [0.1, 0.15) is 0 Å². The van der Waals surface area contributed by atoms with Gasteiger partial charge in [-0.15, -0.1) is 5.10 Å². The van der Waals surface area contributed by atoms with Crippen molar-refractivity contribution in [2.24, 2.45) is 0 Å². The standard InChI is InChI=1S/C21H24N4O/c1-13(2)17-7-10-19(11-8-17)25-16(5)20(23-24-25)21(26)22-18-9-6-14(3)15(4)12-18/h6-13H,1-5H3,(H,22,26). The van der Waals surface area contributed by atoms with E-state index in [9.17, 15) is 4.79 Å². The molecule has 0 fully saturated rings. The Morgan fingerprint density at radius 1 is 1.00 bits per heavy atom. The fourth-order valence-corrected chi connectivity index (χ4v) is 2.79. The van der Waals surface area contributed by atoms with Gasteiger partial charge in [0.15, 0.2) is 5.69 Å². The minimum absolute atomic E-state index is 0.254. The highest BCUT2D eigenvalue weighted by molar-refractivity contribution is 6.03. The molecular formula is C21H24N4O. The molecule has 3 aromatic rings. The Morgan fingerprint density at radius 3 is 2.31 bits per heavy atom. The Kier molecular flexibility index (Phi) is 4.89. The third-order valence-corrected chi connectivity index (χ3v) is 4.68. The van der Waals surface area contributed by atoms with Gasteiger partial charge in [0, 0.05) is 5.69 Å². The zero-order valence-electron chi connectivity index (χ0n) is 15.9. The summed E-state index contributed by atoms with van der Waals surface area (Å²) in [6, 6.07) is 14.0. The number of nitrogens with one attached hydrogen (secondary N) is 1. The first-order chi connectivity index (χ1) is 12.4. The van der Waals surface area contributed by atoms with E-state index < -0.39 is 0 Å². The van der Waals surface area contributed by atoms with Gasteiger partial charge in [0.05, 0.1) is 11.4 Å². The van der Waals surface area contributed by atoms with Gasteiger partial charge in [-0.25, -0.2) is 4.68 Å². The molecule has 5 nitrogen and oxygen atoms in total. The second-order valence-corrected chi connectivity index (χ2v) is 6.93. The lowest BCUT2D eigenvalue weighted by atomic mass is 10.0. The van der Waals surface area contributed by atoms with E-state index in [4.69, 9.17) is 0 Å². The van der Waals surface area contributed by atoms with E-state index in [-0.39, 0.29) is 5.91 Å². The van der Waals surface area contributed by atoms with Crippen molar-refractivity contribution in [1.29, 1.82) is 0 Å². The highest BCUT2D eigenvalue weighted by atomic mass is 16.2. The van der Waals surface area contributed by atoms with Gasteiger partial charge in [-0.2, -0.15) is 0 Å². The summed E-state index contributed by atoms with van der Waals surface area (Å²) in [5.41, 5.74) is 6.28. The summed E-state index contributed by atoms with van der Waals surface area (Å²) in [4.78, 5) is 12.6. The van der Waals surface area contributed by atoms with Crippen LogP contribution in [-0.2, 0) is 0 Å². The number of hydrogen-bond donors (Lipinski definition) is 1. The molecule has 2 aromatic carbocycles. The van der Waals surface area contributed by atoms with Crippen molar-refractivity contribution in [2.75, 3.05) is 5.32 Å². The lowest BCUT2D eigenvalue weighted by Gasteiger charge is -2.08. The Labute approximate surface area is 154 Å². The van der Waals surface area contributed by atoms with Crippen molar-refractivity contribution >= 4 is 11.6 Å². The summed E-state index contributed by atoms with van der Waals surface area (Å²) in [6.07, 6.45) is 0. The molecule has 1 N–H and O–H groups in total. The summed E-state index contributed by atoms with van der Waals surface area (Å²) < 4.78 is 1.69. The number of nitrogens with zero attached hydrogens (tertiary/aromatic N) is 3. The van der Waals surface area contributed by atoms with Crippen LogP contribution >= 0.6 is 0 Å². The predicted molar refractivity (Wildman–Crippen MR) is 104 cm³/mol. The van der Waals surface area contributed by atoms with Gasteiger partial charge in [-0.1, -0.05) is 37.3 Å². The largest absolute Gasteiger partial charge is 0.321 e. The summed E-state index contributed by atoms with van der Waals surface area (Å²) in [7, 11) is 0. The molecule has 0 saturated heterocycles. The average molecular weight is 348 g/mol. The third-order valence-electron chi connectivity index (χ3n) is 4.68. The molecule has 0 saturated carbocycles. The van der Waals surface area contributed by atoms with Crippen molar-refractivity contribution in [3.8, 4) is 5.69 Å². The topological polar surface area (TPSA) is 59.8 Å². The van der Waals surface area contributed by atoms with E-state index in [1.165, 1.54) is 11.1 Å². The lowest BCUT2D eigenvalue weighted by Crippen LogP contribution is -2.14. The van der Waals surface area contributed by atoms with Crippen LogP contribution in [0.15, 0.2) is 42.5 Å². The van der Waals surface area contributed by atoms with Crippen molar-refractivity contribution in [3.05, 3.63) is 70.5 Å². The van der Waals surface area contributed by atoms with Gasteiger partial charge in [0.25, 0.3) is 5.91 Å². The Balaban J connectivity index is 1.83. The van der Waals surface area contributed by atoms with Crippen LogP contribution < -0.4 is 5.32 Å². The van der Waals surface area contributed by atoms with Gasteiger partial charge >= 0.3 is 0 Å². The molecule has 0 aliphatic carbocycles. The zero-order valence-corrected chi connectivity index (χ0v) is 15.9. The molecule has 0 aliphatic rings. The number of aromatic nitrogens is 3. The Morgan fingerprint density at radius 2 is 1.69 bits per heavy atom. The fourth-order valence-electron chi connectivity index (χ4n) is 2.79. The Hall–Kier alpha value is -2.95. The molecule has 0 atom stereocenters. The number of amides is 1. The number of anilines is 1. The van der Waals surface area contributed by atoms with Crippen molar-refractivity contribution < 1.29 is 4.79 Å². The van der Waals surface area contributed by atoms with Crippen LogP contribution in [0, 0.1) is 20.8 Å². The highest BCUT2D eigenvalue weighted by Crippen LogP contribution is 2.19. The second kappa shape index (κ2) is 7.12. The second-order valence-electron chi connectivity index (χ2n) is 6.93. The molecule has 134 valence electrons.